The Hall–Kier alpha value is -2.85. The lowest BCUT2D eigenvalue weighted by atomic mass is 9.55. The lowest BCUT2D eigenvalue weighted by Crippen LogP contribution is -2.40. The van der Waals surface area contributed by atoms with E-state index < -0.39 is 12.5 Å². The van der Waals surface area contributed by atoms with E-state index in [-0.39, 0.29) is 5.41 Å². The molecule has 0 atom stereocenters. The first-order chi connectivity index (χ1) is 15.4. The minimum absolute atomic E-state index is 0.144. The summed E-state index contributed by atoms with van der Waals surface area (Å²) in [5, 5.41) is 20.4. The molecule has 4 aromatic carbocycles. The zero-order valence-corrected chi connectivity index (χ0v) is 18.7. The van der Waals surface area contributed by atoms with E-state index in [1.807, 2.05) is 24.3 Å². The lowest BCUT2D eigenvalue weighted by molar-refractivity contribution is 0.426. The monoisotopic (exact) mass is 436 g/mol. The second-order valence-electron chi connectivity index (χ2n) is 9.33. The van der Waals surface area contributed by atoms with Crippen LogP contribution in [0.15, 0.2) is 84.9 Å². The van der Waals surface area contributed by atoms with E-state index in [1.165, 1.54) is 27.8 Å². The summed E-state index contributed by atoms with van der Waals surface area (Å²) in [6.45, 7) is 4.59. The fourth-order valence-corrected chi connectivity index (χ4v) is 6.24. The molecule has 0 saturated heterocycles. The number of fused-ring (bicyclic) bond motifs is 9. The van der Waals surface area contributed by atoms with E-state index in [0.717, 1.165) is 16.7 Å². The molecule has 2 aliphatic rings. The van der Waals surface area contributed by atoms with Gasteiger partial charge in [0.1, 0.15) is 0 Å². The van der Waals surface area contributed by atoms with E-state index in [0.29, 0.717) is 10.5 Å². The number of rotatable bonds is 1. The maximum atomic E-state index is 9.87. The first kappa shape index (κ1) is 19.8. The molecule has 156 valence electrons. The zero-order chi connectivity index (χ0) is 22.3. The average Bonchev–Trinajstić information content (AvgIpc) is 3.08. The normalized spacial score (nSPS) is 16.2. The Morgan fingerprint density at radius 1 is 0.625 bits per heavy atom. The van der Waals surface area contributed by atoms with Gasteiger partial charge >= 0.3 is 7.12 Å². The molecule has 4 heteroatoms. The molecule has 0 heterocycles. The summed E-state index contributed by atoms with van der Waals surface area (Å²) in [6.07, 6.45) is 0. The zero-order valence-electron chi connectivity index (χ0n) is 17.9. The molecule has 32 heavy (non-hydrogen) atoms. The summed E-state index contributed by atoms with van der Waals surface area (Å²) in [6, 6.07) is 29.3. The Morgan fingerprint density at radius 3 is 1.69 bits per heavy atom. The van der Waals surface area contributed by atoms with Crippen molar-refractivity contribution in [3.63, 3.8) is 0 Å². The van der Waals surface area contributed by atoms with Gasteiger partial charge in [-0.25, -0.2) is 0 Å². The van der Waals surface area contributed by atoms with Gasteiger partial charge in [0, 0.05) is 10.4 Å². The van der Waals surface area contributed by atoms with E-state index >= 15 is 0 Å². The van der Waals surface area contributed by atoms with Crippen molar-refractivity contribution in [3.8, 4) is 11.1 Å². The number of benzene rings is 4. The summed E-state index contributed by atoms with van der Waals surface area (Å²) in [7, 11) is -1.52. The molecule has 0 aromatic heterocycles. The van der Waals surface area contributed by atoms with Crippen LogP contribution in [-0.4, -0.2) is 17.2 Å². The fraction of sp³-hybridized carbons (Fsp3) is 0.143. The molecule has 0 radical (unpaired) electrons. The number of hydrogen-bond donors (Lipinski definition) is 2. The van der Waals surface area contributed by atoms with Crippen molar-refractivity contribution in [2.45, 2.75) is 24.7 Å². The molecule has 1 spiro atoms. The lowest BCUT2D eigenvalue weighted by Gasteiger charge is -2.46. The maximum absolute atomic E-state index is 9.87. The average molecular weight is 437 g/mol. The molecular formula is C28H22BClO2. The van der Waals surface area contributed by atoms with Crippen molar-refractivity contribution in [2.24, 2.45) is 0 Å². The third-order valence-electron chi connectivity index (χ3n) is 7.43. The van der Waals surface area contributed by atoms with Crippen LogP contribution in [0.5, 0.6) is 0 Å². The van der Waals surface area contributed by atoms with Gasteiger partial charge in [-0.1, -0.05) is 98.2 Å². The van der Waals surface area contributed by atoms with Crippen molar-refractivity contribution in [1.29, 1.82) is 0 Å². The smallest absolute Gasteiger partial charge is 0.423 e. The van der Waals surface area contributed by atoms with Crippen LogP contribution in [0.4, 0.5) is 0 Å². The number of hydrogen-bond acceptors (Lipinski definition) is 2. The maximum Gasteiger partial charge on any atom is 0.488 e. The standard InChI is InChI=1S/C28H22BClO2/c1-27(2)23-7-3-5-9-25(23)28(26-10-6-4-8-24(26)27)21-13-11-17(29(31)32)15-19(21)20-16-18(30)12-14-22(20)28/h3-16,31-32H,1-2H3. The third kappa shape index (κ3) is 2.34. The van der Waals surface area contributed by atoms with Gasteiger partial charge in [-0.3, -0.25) is 0 Å². The Balaban J connectivity index is 1.84. The van der Waals surface area contributed by atoms with Gasteiger partial charge in [-0.15, -0.1) is 0 Å². The van der Waals surface area contributed by atoms with Gasteiger partial charge in [-0.05, 0) is 62.1 Å². The van der Waals surface area contributed by atoms with Gasteiger partial charge in [0.25, 0.3) is 0 Å². The first-order valence-electron chi connectivity index (χ1n) is 10.9. The van der Waals surface area contributed by atoms with Crippen LogP contribution in [0, 0.1) is 0 Å². The van der Waals surface area contributed by atoms with Crippen molar-refractivity contribution in [2.75, 3.05) is 0 Å². The van der Waals surface area contributed by atoms with Crippen molar-refractivity contribution in [3.05, 3.63) is 123 Å². The highest BCUT2D eigenvalue weighted by Crippen LogP contribution is 2.62. The molecule has 0 saturated carbocycles. The van der Waals surface area contributed by atoms with Crippen LogP contribution in [0.3, 0.4) is 0 Å². The summed E-state index contributed by atoms with van der Waals surface area (Å²) in [5.74, 6) is 0. The van der Waals surface area contributed by atoms with Crippen LogP contribution >= 0.6 is 11.6 Å². The molecule has 2 aliphatic carbocycles. The third-order valence-corrected chi connectivity index (χ3v) is 7.67. The Labute approximate surface area is 193 Å². The molecule has 0 unspecified atom stereocenters. The van der Waals surface area contributed by atoms with Gasteiger partial charge in [0.15, 0.2) is 0 Å². The summed E-state index contributed by atoms with van der Waals surface area (Å²) >= 11 is 6.47. The van der Waals surface area contributed by atoms with Crippen molar-refractivity contribution in [1.82, 2.24) is 0 Å². The van der Waals surface area contributed by atoms with E-state index in [1.54, 1.807) is 0 Å². The quantitative estimate of drug-likeness (QED) is 0.362. The predicted molar refractivity (Wildman–Crippen MR) is 131 cm³/mol. The fourth-order valence-electron chi connectivity index (χ4n) is 6.06. The minimum Gasteiger partial charge on any atom is -0.423 e. The van der Waals surface area contributed by atoms with E-state index in [2.05, 4.69) is 74.5 Å². The Bertz CT molecular complexity index is 1360. The Morgan fingerprint density at radius 2 is 1.12 bits per heavy atom. The minimum atomic E-state index is -1.52. The molecule has 0 amide bonds. The predicted octanol–water partition coefficient (Wildman–Crippen LogP) is 5.02. The highest BCUT2D eigenvalue weighted by Gasteiger charge is 2.53. The molecule has 0 fully saturated rings. The summed E-state index contributed by atoms with van der Waals surface area (Å²) in [4.78, 5) is 0. The van der Waals surface area contributed by atoms with Gasteiger partial charge in [0.05, 0.1) is 5.41 Å². The molecule has 0 aliphatic heterocycles. The molecule has 4 aromatic rings. The van der Waals surface area contributed by atoms with E-state index in [4.69, 9.17) is 11.6 Å². The number of halogens is 1. The second kappa shape index (κ2) is 6.58. The van der Waals surface area contributed by atoms with Gasteiger partial charge in [-0.2, -0.15) is 0 Å². The topological polar surface area (TPSA) is 40.5 Å². The SMILES string of the molecule is CC1(C)c2ccccc2C2(c3ccc(Cl)cc3-c3cc(B(O)O)ccc32)c2ccccc21. The highest BCUT2D eigenvalue weighted by atomic mass is 35.5. The van der Waals surface area contributed by atoms with Gasteiger partial charge in [0.2, 0.25) is 0 Å². The second-order valence-corrected chi connectivity index (χ2v) is 9.77. The molecule has 0 bridgehead atoms. The molecule has 2 N–H and O–H groups in total. The van der Waals surface area contributed by atoms with Crippen LogP contribution < -0.4 is 5.46 Å². The molecular weight excluding hydrogens is 415 g/mol. The van der Waals surface area contributed by atoms with E-state index in [9.17, 15) is 10.0 Å². The molecule has 2 nitrogen and oxygen atoms in total. The van der Waals surface area contributed by atoms with Gasteiger partial charge < -0.3 is 10.0 Å². The highest BCUT2D eigenvalue weighted by molar-refractivity contribution is 6.58. The largest absolute Gasteiger partial charge is 0.488 e. The van der Waals surface area contributed by atoms with Crippen molar-refractivity contribution >= 4 is 24.2 Å². The first-order valence-corrected chi connectivity index (χ1v) is 11.3. The van der Waals surface area contributed by atoms with Crippen LogP contribution in [0.2, 0.25) is 5.02 Å². The van der Waals surface area contributed by atoms with Crippen LogP contribution in [-0.2, 0) is 10.8 Å². The summed E-state index contributed by atoms with van der Waals surface area (Å²) in [5.41, 5.74) is 9.35. The molecule has 6 rings (SSSR count). The summed E-state index contributed by atoms with van der Waals surface area (Å²) < 4.78 is 0. The van der Waals surface area contributed by atoms with Crippen molar-refractivity contribution < 1.29 is 10.0 Å². The van der Waals surface area contributed by atoms with Crippen LogP contribution in [0.25, 0.3) is 11.1 Å². The Kier molecular flexibility index (Phi) is 4.08. The van der Waals surface area contributed by atoms with Crippen LogP contribution in [0.1, 0.15) is 47.2 Å².